The summed E-state index contributed by atoms with van der Waals surface area (Å²) in [7, 11) is 0. The van der Waals surface area contributed by atoms with E-state index in [1.54, 1.807) is 6.07 Å². The van der Waals surface area contributed by atoms with Crippen molar-refractivity contribution in [3.8, 4) is 6.07 Å². The molecule has 3 heteroatoms. The van der Waals surface area contributed by atoms with Crippen LogP contribution in [0.4, 0.5) is 5.69 Å². The fraction of sp³-hybridized carbons (Fsp3) is 0.562. The number of halogens is 1. The maximum atomic E-state index is 9.21. The third-order valence-electron chi connectivity index (χ3n) is 4.94. The van der Waals surface area contributed by atoms with Crippen molar-refractivity contribution in [2.45, 2.75) is 38.6 Å². The van der Waals surface area contributed by atoms with Crippen LogP contribution < -0.4 is 5.32 Å². The molecule has 1 N–H and O–H groups in total. The molecular formula is C16H19ClN2. The molecule has 0 radical (unpaired) electrons. The molecule has 0 aliphatic heterocycles. The lowest BCUT2D eigenvalue weighted by molar-refractivity contribution is 0.304. The predicted molar refractivity (Wildman–Crippen MR) is 78.2 cm³/mol. The Morgan fingerprint density at radius 1 is 1.37 bits per heavy atom. The van der Waals surface area contributed by atoms with E-state index in [4.69, 9.17) is 11.6 Å². The number of nitriles is 1. The Labute approximate surface area is 119 Å². The van der Waals surface area contributed by atoms with Gasteiger partial charge in [-0.2, -0.15) is 5.26 Å². The molecule has 19 heavy (non-hydrogen) atoms. The Kier molecular flexibility index (Phi) is 3.41. The first-order valence-electron chi connectivity index (χ1n) is 7.14. The highest BCUT2D eigenvalue weighted by atomic mass is 35.5. The first-order chi connectivity index (χ1) is 9.19. The van der Waals surface area contributed by atoms with Crippen LogP contribution in [0.3, 0.4) is 0 Å². The minimum Gasteiger partial charge on any atom is -0.381 e. The number of hydrogen-bond donors (Lipinski definition) is 1. The van der Waals surface area contributed by atoms with Gasteiger partial charge < -0.3 is 5.32 Å². The quantitative estimate of drug-likeness (QED) is 0.884. The average Bonchev–Trinajstić information content (AvgIpc) is 3.01. The summed E-state index contributed by atoms with van der Waals surface area (Å²) in [5, 5.41) is 13.3. The lowest BCUT2D eigenvalue weighted by atomic mass is 9.84. The molecule has 1 aromatic carbocycles. The second-order valence-corrected chi connectivity index (χ2v) is 6.45. The molecule has 2 fully saturated rings. The van der Waals surface area contributed by atoms with E-state index in [-0.39, 0.29) is 0 Å². The van der Waals surface area contributed by atoms with Crippen LogP contribution in [0.1, 0.15) is 38.2 Å². The molecular weight excluding hydrogens is 256 g/mol. The molecule has 1 aromatic rings. The van der Waals surface area contributed by atoms with Crippen molar-refractivity contribution in [3.63, 3.8) is 0 Å². The minimum absolute atomic E-state index is 0.417. The summed E-state index contributed by atoms with van der Waals surface area (Å²) in [5.74, 6) is 2.59. The maximum Gasteiger partial charge on any atom is 0.103 e. The molecule has 2 bridgehead atoms. The average molecular weight is 275 g/mol. The van der Waals surface area contributed by atoms with Crippen LogP contribution in [0, 0.1) is 29.1 Å². The highest BCUT2D eigenvalue weighted by Crippen LogP contribution is 2.50. The summed E-state index contributed by atoms with van der Waals surface area (Å²) in [5.41, 5.74) is 1.45. The number of anilines is 1. The number of fused-ring (bicyclic) bond motifs is 2. The highest BCUT2D eigenvalue weighted by molar-refractivity contribution is 6.32. The largest absolute Gasteiger partial charge is 0.381 e. The van der Waals surface area contributed by atoms with Crippen LogP contribution in [0.25, 0.3) is 0 Å². The SMILES string of the molecule is CC(Nc1cccc(Cl)c1C#N)C1CC2CCC1C2. The van der Waals surface area contributed by atoms with Gasteiger partial charge in [0.15, 0.2) is 0 Å². The van der Waals surface area contributed by atoms with Crippen molar-refractivity contribution in [3.05, 3.63) is 28.8 Å². The lowest BCUT2D eigenvalue weighted by Gasteiger charge is -2.29. The van der Waals surface area contributed by atoms with E-state index >= 15 is 0 Å². The van der Waals surface area contributed by atoms with Gasteiger partial charge in [0, 0.05) is 6.04 Å². The lowest BCUT2D eigenvalue weighted by Crippen LogP contribution is -2.30. The Morgan fingerprint density at radius 2 is 2.21 bits per heavy atom. The van der Waals surface area contributed by atoms with Crippen LogP contribution in [0.15, 0.2) is 18.2 Å². The van der Waals surface area contributed by atoms with Crippen molar-refractivity contribution in [1.82, 2.24) is 0 Å². The fourth-order valence-electron chi connectivity index (χ4n) is 4.02. The summed E-state index contributed by atoms with van der Waals surface area (Å²) < 4.78 is 0. The predicted octanol–water partition coefficient (Wildman–Crippen LogP) is 4.45. The van der Waals surface area contributed by atoms with E-state index in [2.05, 4.69) is 18.3 Å². The molecule has 2 aliphatic rings. The van der Waals surface area contributed by atoms with Crippen molar-refractivity contribution in [2.24, 2.45) is 17.8 Å². The normalized spacial score (nSPS) is 30.1. The van der Waals surface area contributed by atoms with Gasteiger partial charge in [-0.3, -0.25) is 0 Å². The fourth-order valence-corrected chi connectivity index (χ4v) is 4.23. The summed E-state index contributed by atoms with van der Waals surface area (Å²) >= 11 is 6.07. The number of nitrogens with zero attached hydrogens (tertiary/aromatic N) is 1. The minimum atomic E-state index is 0.417. The molecule has 100 valence electrons. The van der Waals surface area contributed by atoms with Crippen LogP contribution in [0.5, 0.6) is 0 Å². The van der Waals surface area contributed by atoms with E-state index in [9.17, 15) is 5.26 Å². The van der Waals surface area contributed by atoms with Gasteiger partial charge in [-0.05, 0) is 56.1 Å². The van der Waals surface area contributed by atoms with Crippen molar-refractivity contribution in [1.29, 1.82) is 5.26 Å². The standard InChI is InChI=1S/C16H19ClN2/c1-10(13-8-11-5-6-12(13)7-11)19-16-4-2-3-15(17)14(16)9-18/h2-4,10-13,19H,5-8H2,1H3. The number of hydrogen-bond acceptors (Lipinski definition) is 2. The number of benzene rings is 1. The zero-order valence-electron chi connectivity index (χ0n) is 11.2. The molecule has 0 saturated heterocycles. The second kappa shape index (κ2) is 5.06. The molecule has 2 saturated carbocycles. The first kappa shape index (κ1) is 12.8. The van der Waals surface area contributed by atoms with Crippen molar-refractivity contribution >= 4 is 17.3 Å². The Balaban J connectivity index is 1.75. The monoisotopic (exact) mass is 274 g/mol. The molecule has 2 aliphatic carbocycles. The summed E-state index contributed by atoms with van der Waals surface area (Å²) in [6.45, 7) is 2.24. The van der Waals surface area contributed by atoms with Gasteiger partial charge in [0.2, 0.25) is 0 Å². The molecule has 3 rings (SSSR count). The van der Waals surface area contributed by atoms with Gasteiger partial charge in [-0.1, -0.05) is 24.1 Å². The van der Waals surface area contributed by atoms with Gasteiger partial charge in [0.1, 0.15) is 6.07 Å². The Bertz CT molecular complexity index is 520. The van der Waals surface area contributed by atoms with Gasteiger partial charge in [-0.15, -0.1) is 0 Å². The van der Waals surface area contributed by atoms with Crippen LogP contribution in [0.2, 0.25) is 5.02 Å². The van der Waals surface area contributed by atoms with E-state index in [1.165, 1.54) is 25.7 Å². The van der Waals surface area contributed by atoms with Gasteiger partial charge >= 0.3 is 0 Å². The third kappa shape index (κ3) is 2.32. The molecule has 0 heterocycles. The van der Waals surface area contributed by atoms with Crippen LogP contribution >= 0.6 is 11.6 Å². The maximum absolute atomic E-state index is 9.21. The molecule has 0 amide bonds. The zero-order chi connectivity index (χ0) is 13.4. The molecule has 4 unspecified atom stereocenters. The topological polar surface area (TPSA) is 35.8 Å². The summed E-state index contributed by atoms with van der Waals surface area (Å²) in [6.07, 6.45) is 5.58. The smallest absolute Gasteiger partial charge is 0.103 e. The van der Waals surface area contributed by atoms with E-state index in [0.717, 1.165) is 23.4 Å². The second-order valence-electron chi connectivity index (χ2n) is 6.05. The zero-order valence-corrected chi connectivity index (χ0v) is 12.0. The molecule has 4 atom stereocenters. The van der Waals surface area contributed by atoms with E-state index < -0.39 is 0 Å². The Hall–Kier alpha value is -1.20. The number of rotatable bonds is 3. The number of nitrogens with one attached hydrogen (secondary N) is 1. The Morgan fingerprint density at radius 3 is 2.84 bits per heavy atom. The molecule has 0 spiro atoms. The summed E-state index contributed by atoms with van der Waals surface area (Å²) in [6, 6.07) is 8.24. The highest BCUT2D eigenvalue weighted by Gasteiger charge is 2.41. The molecule has 0 aromatic heterocycles. The summed E-state index contributed by atoms with van der Waals surface area (Å²) in [4.78, 5) is 0. The van der Waals surface area contributed by atoms with Gasteiger partial charge in [-0.25, -0.2) is 0 Å². The van der Waals surface area contributed by atoms with Gasteiger partial charge in [0.05, 0.1) is 16.3 Å². The third-order valence-corrected chi connectivity index (χ3v) is 5.26. The molecule has 2 nitrogen and oxygen atoms in total. The van der Waals surface area contributed by atoms with Crippen molar-refractivity contribution < 1.29 is 0 Å². The van der Waals surface area contributed by atoms with Crippen molar-refractivity contribution in [2.75, 3.05) is 5.32 Å². The van der Waals surface area contributed by atoms with Crippen LogP contribution in [-0.2, 0) is 0 Å². The van der Waals surface area contributed by atoms with Crippen LogP contribution in [-0.4, -0.2) is 6.04 Å². The van der Waals surface area contributed by atoms with Gasteiger partial charge in [0.25, 0.3) is 0 Å². The first-order valence-corrected chi connectivity index (χ1v) is 7.52. The van der Waals surface area contributed by atoms with E-state index in [0.29, 0.717) is 16.6 Å². The van der Waals surface area contributed by atoms with E-state index in [1.807, 2.05) is 12.1 Å².